The number of thioether (sulfide) groups is 1. The second-order valence-corrected chi connectivity index (χ2v) is 8.43. The summed E-state index contributed by atoms with van der Waals surface area (Å²) in [6.45, 7) is 0.696. The fraction of sp³-hybridized carbons (Fsp3) is 0.0909. The molecule has 0 aliphatic heterocycles. The lowest BCUT2D eigenvalue weighted by Crippen LogP contribution is -2.04. The molecular weight excluding hydrogens is 400 g/mol. The van der Waals surface area contributed by atoms with Crippen LogP contribution in [0, 0.1) is 0 Å². The first-order valence-corrected chi connectivity index (χ1v) is 11.0. The Labute approximate surface area is 175 Å². The van der Waals surface area contributed by atoms with E-state index in [4.69, 9.17) is 4.98 Å². The molecule has 0 aliphatic carbocycles. The predicted octanol–water partition coefficient (Wildman–Crippen LogP) is 5.06. The number of benzene rings is 2. The van der Waals surface area contributed by atoms with Crippen LogP contribution in [0.1, 0.15) is 15.2 Å². The zero-order valence-electron chi connectivity index (χ0n) is 15.4. The van der Waals surface area contributed by atoms with E-state index in [0.717, 1.165) is 26.9 Å². The van der Waals surface area contributed by atoms with E-state index in [9.17, 15) is 4.79 Å². The molecule has 29 heavy (non-hydrogen) atoms. The van der Waals surface area contributed by atoms with Gasteiger partial charge in [-0.25, -0.2) is 4.98 Å². The maximum atomic E-state index is 12.3. The van der Waals surface area contributed by atoms with E-state index >= 15 is 0 Å². The molecule has 0 spiro atoms. The van der Waals surface area contributed by atoms with Gasteiger partial charge in [-0.15, -0.1) is 21.5 Å². The van der Waals surface area contributed by atoms with Gasteiger partial charge in [0.15, 0.2) is 11.4 Å². The lowest BCUT2D eigenvalue weighted by molar-refractivity contribution is 0.102. The summed E-state index contributed by atoms with van der Waals surface area (Å²) >= 11 is 2.78. The van der Waals surface area contributed by atoms with Crippen LogP contribution in [0.25, 0.3) is 22.1 Å². The van der Waals surface area contributed by atoms with Crippen LogP contribution in [0.3, 0.4) is 0 Å². The summed E-state index contributed by atoms with van der Waals surface area (Å²) < 4.78 is 2.17. The Morgan fingerprint density at radius 2 is 1.79 bits per heavy atom. The summed E-state index contributed by atoms with van der Waals surface area (Å²) in [5.41, 5.74) is 3.84. The highest BCUT2D eigenvalue weighted by molar-refractivity contribution is 7.99. The highest BCUT2D eigenvalue weighted by atomic mass is 32.2. The molecule has 0 amide bonds. The quantitative estimate of drug-likeness (QED) is 0.286. The third-order valence-electron chi connectivity index (χ3n) is 4.67. The molecule has 7 heteroatoms. The average molecular weight is 417 g/mol. The van der Waals surface area contributed by atoms with Crippen molar-refractivity contribution < 1.29 is 4.79 Å². The molecular formula is C22H16N4OS2. The maximum Gasteiger partial charge on any atom is 0.211 e. The maximum absolute atomic E-state index is 12.3. The molecule has 0 aliphatic rings. The Balaban J connectivity index is 1.53. The van der Waals surface area contributed by atoms with Gasteiger partial charge >= 0.3 is 0 Å². The van der Waals surface area contributed by atoms with Crippen LogP contribution in [0.15, 0.2) is 77.3 Å². The largest absolute Gasteiger partial charge is 0.319 e. The third-order valence-corrected chi connectivity index (χ3v) is 6.41. The number of hydrogen-bond acceptors (Lipinski definition) is 6. The van der Waals surface area contributed by atoms with Crippen molar-refractivity contribution in [3.8, 4) is 0 Å². The van der Waals surface area contributed by atoms with Gasteiger partial charge in [0.25, 0.3) is 0 Å². The zero-order valence-corrected chi connectivity index (χ0v) is 17.0. The van der Waals surface area contributed by atoms with Crippen LogP contribution in [0.5, 0.6) is 0 Å². The summed E-state index contributed by atoms with van der Waals surface area (Å²) in [6.07, 6.45) is 0. The fourth-order valence-corrected chi connectivity index (χ4v) is 4.74. The van der Waals surface area contributed by atoms with Crippen molar-refractivity contribution in [3.63, 3.8) is 0 Å². The lowest BCUT2D eigenvalue weighted by atomic mass is 10.2. The molecule has 0 atom stereocenters. The minimum Gasteiger partial charge on any atom is -0.319 e. The van der Waals surface area contributed by atoms with Crippen LogP contribution in [0.4, 0.5) is 0 Å². The van der Waals surface area contributed by atoms with E-state index in [1.54, 1.807) is 0 Å². The number of rotatable bonds is 6. The first-order chi connectivity index (χ1) is 14.3. The molecule has 142 valence electrons. The van der Waals surface area contributed by atoms with Crippen molar-refractivity contribution >= 4 is 50.9 Å². The van der Waals surface area contributed by atoms with Gasteiger partial charge in [0, 0.05) is 11.9 Å². The van der Waals surface area contributed by atoms with Crippen molar-refractivity contribution in [2.24, 2.45) is 0 Å². The van der Waals surface area contributed by atoms with E-state index in [2.05, 4.69) is 33.0 Å². The van der Waals surface area contributed by atoms with Crippen molar-refractivity contribution in [1.82, 2.24) is 19.7 Å². The molecule has 2 aromatic carbocycles. The summed E-state index contributed by atoms with van der Waals surface area (Å²) in [7, 11) is 0. The normalized spacial score (nSPS) is 11.3. The molecule has 0 fully saturated rings. The number of aromatic nitrogens is 4. The van der Waals surface area contributed by atoms with Crippen LogP contribution >= 0.6 is 23.1 Å². The van der Waals surface area contributed by atoms with E-state index in [-0.39, 0.29) is 5.78 Å². The van der Waals surface area contributed by atoms with Crippen LogP contribution < -0.4 is 0 Å². The van der Waals surface area contributed by atoms with Gasteiger partial charge in [-0.2, -0.15) is 0 Å². The van der Waals surface area contributed by atoms with Crippen LogP contribution in [-0.2, 0) is 6.54 Å². The van der Waals surface area contributed by atoms with Crippen molar-refractivity contribution in [3.05, 3.63) is 82.6 Å². The van der Waals surface area contributed by atoms with Crippen LogP contribution in [0.2, 0.25) is 0 Å². The molecule has 3 aromatic heterocycles. The molecule has 0 bridgehead atoms. The Bertz CT molecular complexity index is 1300. The van der Waals surface area contributed by atoms with Crippen LogP contribution in [-0.4, -0.2) is 31.3 Å². The molecule has 0 unspecified atom stereocenters. The van der Waals surface area contributed by atoms with Crippen molar-refractivity contribution in [2.45, 2.75) is 11.7 Å². The topological polar surface area (TPSA) is 60.7 Å². The lowest BCUT2D eigenvalue weighted by Gasteiger charge is -2.07. The first kappa shape index (κ1) is 18.0. The van der Waals surface area contributed by atoms with Gasteiger partial charge in [-0.05, 0) is 23.1 Å². The number of ketones is 1. The first-order valence-electron chi connectivity index (χ1n) is 9.15. The summed E-state index contributed by atoms with van der Waals surface area (Å²) in [6, 6.07) is 22.2. The highest BCUT2D eigenvalue weighted by Crippen LogP contribution is 2.28. The monoisotopic (exact) mass is 416 g/mol. The van der Waals surface area contributed by atoms with Gasteiger partial charge in [-0.3, -0.25) is 4.79 Å². The minimum atomic E-state index is 0.0820. The number of nitrogens with zero attached hydrogens (tertiary/aromatic N) is 4. The second kappa shape index (κ2) is 7.77. The summed E-state index contributed by atoms with van der Waals surface area (Å²) in [5, 5.41) is 12.2. The van der Waals surface area contributed by atoms with E-state index < -0.39 is 0 Å². The van der Waals surface area contributed by atoms with Gasteiger partial charge in [0.2, 0.25) is 5.16 Å². The smallest absolute Gasteiger partial charge is 0.211 e. The number of hydrogen-bond donors (Lipinski definition) is 0. The molecule has 5 aromatic rings. The van der Waals surface area contributed by atoms with Gasteiger partial charge in [0.05, 0.1) is 16.1 Å². The molecule has 0 saturated heterocycles. The van der Waals surface area contributed by atoms with E-state index in [0.29, 0.717) is 17.5 Å². The number of thiophene rings is 1. The average Bonchev–Trinajstić information content (AvgIpc) is 3.41. The number of para-hydroxylation sites is 1. The number of carbonyl (C=O) groups excluding carboxylic acids is 1. The minimum absolute atomic E-state index is 0.0820. The van der Waals surface area contributed by atoms with E-state index in [1.807, 2.05) is 53.9 Å². The number of carbonyl (C=O) groups is 1. The standard InChI is InChI=1S/C22H16N4OS2/c27-18(19-11-6-12-28-19)14-29-22-23-21-20(24-25-22)16-9-4-5-10-17(16)26(21)13-15-7-2-1-3-8-15/h1-12H,13-14H2. The summed E-state index contributed by atoms with van der Waals surface area (Å²) in [5.74, 6) is 0.380. The highest BCUT2D eigenvalue weighted by Gasteiger charge is 2.16. The number of fused-ring (bicyclic) bond motifs is 3. The Hall–Kier alpha value is -3.03. The molecule has 3 heterocycles. The Morgan fingerprint density at radius 1 is 0.966 bits per heavy atom. The third kappa shape index (κ3) is 3.54. The molecule has 5 nitrogen and oxygen atoms in total. The van der Waals surface area contributed by atoms with Crippen molar-refractivity contribution in [1.29, 1.82) is 0 Å². The molecule has 0 N–H and O–H groups in total. The Kier molecular flexibility index (Phi) is 4.83. The molecule has 0 radical (unpaired) electrons. The second-order valence-electron chi connectivity index (χ2n) is 6.54. The number of Topliss-reactive ketones (excluding diaryl/α,β-unsaturated/α-hetero) is 1. The Morgan fingerprint density at radius 3 is 2.62 bits per heavy atom. The van der Waals surface area contributed by atoms with Gasteiger partial charge in [0.1, 0.15) is 5.52 Å². The SMILES string of the molecule is O=C(CSc1nnc2c3ccccc3n(Cc3ccccc3)c2n1)c1cccs1. The van der Waals surface area contributed by atoms with Crippen molar-refractivity contribution in [2.75, 3.05) is 5.75 Å². The molecule has 0 saturated carbocycles. The fourth-order valence-electron chi connectivity index (χ4n) is 3.31. The predicted molar refractivity (Wildman–Crippen MR) is 118 cm³/mol. The van der Waals surface area contributed by atoms with Gasteiger partial charge in [-0.1, -0.05) is 66.4 Å². The molecule has 5 rings (SSSR count). The summed E-state index contributed by atoms with van der Waals surface area (Å²) in [4.78, 5) is 17.8. The van der Waals surface area contributed by atoms with Gasteiger partial charge < -0.3 is 4.57 Å². The van der Waals surface area contributed by atoms with E-state index in [1.165, 1.54) is 28.7 Å². The zero-order chi connectivity index (χ0) is 19.6.